The second-order valence-electron chi connectivity index (χ2n) is 5.99. The number of thiophene rings is 1. The average Bonchev–Trinajstić information content (AvgIpc) is 3.12. The molecule has 0 aliphatic heterocycles. The van der Waals surface area contributed by atoms with Crippen LogP contribution in [-0.2, 0) is 11.3 Å². The second-order valence-corrected chi connectivity index (χ2v) is 7.79. The quantitative estimate of drug-likeness (QED) is 0.707. The van der Waals surface area contributed by atoms with E-state index in [0.29, 0.717) is 6.54 Å². The summed E-state index contributed by atoms with van der Waals surface area (Å²) in [5.41, 5.74) is 0.839. The summed E-state index contributed by atoms with van der Waals surface area (Å²) < 4.78 is 6.58. The summed E-state index contributed by atoms with van der Waals surface area (Å²) in [6, 6.07) is 13.6. The molecule has 2 heterocycles. The first-order chi connectivity index (χ1) is 11.5. The van der Waals surface area contributed by atoms with Crippen LogP contribution in [0.15, 0.2) is 46.9 Å². The van der Waals surface area contributed by atoms with Gasteiger partial charge in [0.1, 0.15) is 17.9 Å². The zero-order valence-electron chi connectivity index (χ0n) is 13.6. The molecule has 2 aromatic heterocycles. The molecule has 126 valence electrons. The molecule has 1 unspecified atom stereocenters. The Morgan fingerprint density at radius 3 is 2.83 bits per heavy atom. The molecule has 2 N–H and O–H groups in total. The number of carbonyl (C=O) groups excluding carboxylic acids is 1. The second kappa shape index (κ2) is 7.38. The standard InChI is InChI=1S/C18H19ClN2O2S/c1-12(16-9-13-5-3-4-6-15(13)23-16)20-18(22)11-21(2)10-14-7-8-17(19)24-14/h3-9,12H,10-11H2,1-2H3,(H,20,22)/p+1/t12-/m0/s1. The van der Waals surface area contributed by atoms with E-state index in [4.69, 9.17) is 16.0 Å². The lowest BCUT2D eigenvalue weighted by atomic mass is 10.2. The molecule has 2 atom stereocenters. The number of quaternary nitrogens is 1. The van der Waals surface area contributed by atoms with Crippen LogP contribution in [0.1, 0.15) is 23.6 Å². The van der Waals surface area contributed by atoms with Gasteiger partial charge in [0.15, 0.2) is 6.54 Å². The van der Waals surface area contributed by atoms with Gasteiger partial charge in [0.2, 0.25) is 0 Å². The fraction of sp³-hybridized carbons (Fsp3) is 0.278. The molecule has 0 saturated carbocycles. The number of rotatable bonds is 6. The first-order valence-corrected chi connectivity index (χ1v) is 9.04. The van der Waals surface area contributed by atoms with Crippen LogP contribution in [0.2, 0.25) is 4.34 Å². The van der Waals surface area contributed by atoms with Gasteiger partial charge in [0.25, 0.3) is 5.91 Å². The van der Waals surface area contributed by atoms with Crippen LogP contribution in [0.4, 0.5) is 0 Å². The Hall–Kier alpha value is -1.82. The van der Waals surface area contributed by atoms with Gasteiger partial charge < -0.3 is 14.6 Å². The topological polar surface area (TPSA) is 46.7 Å². The van der Waals surface area contributed by atoms with Gasteiger partial charge in [0, 0.05) is 5.39 Å². The summed E-state index contributed by atoms with van der Waals surface area (Å²) in [6.07, 6.45) is 0. The number of nitrogens with one attached hydrogen (secondary N) is 2. The minimum absolute atomic E-state index is 0.00288. The van der Waals surface area contributed by atoms with Crippen molar-refractivity contribution in [2.24, 2.45) is 0 Å². The molecule has 1 amide bonds. The van der Waals surface area contributed by atoms with E-state index in [1.54, 1.807) is 11.3 Å². The summed E-state index contributed by atoms with van der Waals surface area (Å²) >= 11 is 7.49. The summed E-state index contributed by atoms with van der Waals surface area (Å²) in [7, 11) is 2.00. The van der Waals surface area contributed by atoms with Gasteiger partial charge in [0.05, 0.1) is 22.3 Å². The van der Waals surface area contributed by atoms with Crippen molar-refractivity contribution in [3.63, 3.8) is 0 Å². The minimum atomic E-state index is -0.158. The maximum absolute atomic E-state index is 12.3. The van der Waals surface area contributed by atoms with E-state index in [1.165, 1.54) is 4.88 Å². The summed E-state index contributed by atoms with van der Waals surface area (Å²) in [5.74, 6) is 0.773. The molecular weight excluding hydrogens is 344 g/mol. The van der Waals surface area contributed by atoms with Gasteiger partial charge in [-0.3, -0.25) is 4.79 Å². The molecule has 0 aliphatic carbocycles. The predicted molar refractivity (Wildman–Crippen MR) is 97.6 cm³/mol. The van der Waals surface area contributed by atoms with E-state index >= 15 is 0 Å². The summed E-state index contributed by atoms with van der Waals surface area (Å²) in [5, 5.41) is 4.05. The fourth-order valence-electron chi connectivity index (χ4n) is 2.66. The average molecular weight is 364 g/mol. The lowest BCUT2D eigenvalue weighted by Crippen LogP contribution is -3.08. The van der Waals surface area contributed by atoms with Gasteiger partial charge in [-0.2, -0.15) is 0 Å². The van der Waals surface area contributed by atoms with Crippen molar-refractivity contribution < 1.29 is 14.1 Å². The summed E-state index contributed by atoms with van der Waals surface area (Å²) in [6.45, 7) is 3.12. The van der Waals surface area contributed by atoms with Crippen LogP contribution in [-0.4, -0.2) is 19.5 Å². The Kier molecular flexibility index (Phi) is 5.23. The molecule has 0 radical (unpaired) electrons. The SMILES string of the molecule is C[C@H](NC(=O)C[NH+](C)Cc1ccc(Cl)s1)c1cc2ccccc2o1. The molecule has 0 saturated heterocycles. The Labute approximate surface area is 150 Å². The van der Waals surface area contributed by atoms with Gasteiger partial charge in [-0.1, -0.05) is 29.8 Å². The van der Waals surface area contributed by atoms with Gasteiger partial charge in [-0.25, -0.2) is 0 Å². The Balaban J connectivity index is 1.55. The molecular formula is C18H20ClN2O2S+. The van der Waals surface area contributed by atoms with Crippen LogP contribution in [0, 0.1) is 0 Å². The van der Waals surface area contributed by atoms with E-state index in [9.17, 15) is 4.79 Å². The van der Waals surface area contributed by atoms with Crippen LogP contribution in [0.25, 0.3) is 11.0 Å². The van der Waals surface area contributed by atoms with Crippen molar-refractivity contribution in [1.29, 1.82) is 0 Å². The first-order valence-electron chi connectivity index (χ1n) is 7.84. The number of halogens is 1. The fourth-order valence-corrected chi connectivity index (χ4v) is 3.86. The molecule has 3 aromatic rings. The lowest BCUT2D eigenvalue weighted by molar-refractivity contribution is -0.885. The number of para-hydroxylation sites is 1. The van der Waals surface area contributed by atoms with E-state index in [1.807, 2.05) is 56.4 Å². The third kappa shape index (κ3) is 4.17. The van der Waals surface area contributed by atoms with Crippen molar-refractivity contribution in [3.05, 3.63) is 57.4 Å². The third-order valence-electron chi connectivity index (χ3n) is 3.82. The number of fused-ring (bicyclic) bond motifs is 1. The highest BCUT2D eigenvalue weighted by Crippen LogP contribution is 2.23. The molecule has 0 fully saturated rings. The molecule has 0 aliphatic rings. The number of carbonyl (C=O) groups is 1. The number of furan rings is 1. The highest BCUT2D eigenvalue weighted by molar-refractivity contribution is 7.16. The molecule has 4 nitrogen and oxygen atoms in total. The Morgan fingerprint density at radius 1 is 1.33 bits per heavy atom. The Morgan fingerprint density at radius 2 is 2.12 bits per heavy atom. The number of benzene rings is 1. The van der Waals surface area contributed by atoms with Crippen LogP contribution in [0.5, 0.6) is 0 Å². The van der Waals surface area contributed by atoms with Crippen LogP contribution in [0.3, 0.4) is 0 Å². The Bertz CT molecular complexity index is 809. The highest BCUT2D eigenvalue weighted by Gasteiger charge is 2.17. The lowest BCUT2D eigenvalue weighted by Gasteiger charge is -2.15. The number of amides is 1. The monoisotopic (exact) mass is 363 g/mol. The maximum atomic E-state index is 12.3. The maximum Gasteiger partial charge on any atom is 0.275 e. The smallest absolute Gasteiger partial charge is 0.275 e. The van der Waals surface area contributed by atoms with E-state index in [-0.39, 0.29) is 11.9 Å². The zero-order chi connectivity index (χ0) is 17.1. The van der Waals surface area contributed by atoms with Crippen molar-refractivity contribution in [3.8, 4) is 0 Å². The van der Waals surface area contributed by atoms with Gasteiger partial charge in [-0.05, 0) is 31.2 Å². The molecule has 24 heavy (non-hydrogen) atoms. The highest BCUT2D eigenvalue weighted by atomic mass is 35.5. The number of likely N-dealkylation sites (N-methyl/N-ethyl adjacent to an activating group) is 1. The van der Waals surface area contributed by atoms with Crippen molar-refractivity contribution >= 4 is 39.8 Å². The van der Waals surface area contributed by atoms with Crippen molar-refractivity contribution in [2.75, 3.05) is 13.6 Å². The van der Waals surface area contributed by atoms with E-state index in [2.05, 4.69) is 5.32 Å². The number of hydrogen-bond donors (Lipinski definition) is 2. The van der Waals surface area contributed by atoms with Gasteiger partial charge in [-0.15, -0.1) is 11.3 Å². The van der Waals surface area contributed by atoms with E-state index in [0.717, 1.165) is 32.5 Å². The molecule has 0 bridgehead atoms. The van der Waals surface area contributed by atoms with Crippen molar-refractivity contribution in [1.82, 2.24) is 5.32 Å². The van der Waals surface area contributed by atoms with Gasteiger partial charge >= 0.3 is 0 Å². The molecule has 1 aromatic carbocycles. The first kappa shape index (κ1) is 17.0. The van der Waals surface area contributed by atoms with Crippen LogP contribution < -0.4 is 10.2 Å². The van der Waals surface area contributed by atoms with Crippen molar-refractivity contribution in [2.45, 2.75) is 19.5 Å². The zero-order valence-corrected chi connectivity index (χ0v) is 15.2. The third-order valence-corrected chi connectivity index (χ3v) is 5.05. The minimum Gasteiger partial charge on any atom is -0.459 e. The van der Waals surface area contributed by atoms with Crippen LogP contribution >= 0.6 is 22.9 Å². The molecule has 6 heteroatoms. The predicted octanol–water partition coefficient (Wildman–Crippen LogP) is 3.04. The molecule has 3 rings (SSSR count). The normalized spacial score (nSPS) is 13.8. The van der Waals surface area contributed by atoms with E-state index < -0.39 is 0 Å². The largest absolute Gasteiger partial charge is 0.459 e. The molecule has 0 spiro atoms. The number of hydrogen-bond acceptors (Lipinski definition) is 3. The summed E-state index contributed by atoms with van der Waals surface area (Å²) in [4.78, 5) is 14.5.